The summed E-state index contributed by atoms with van der Waals surface area (Å²) in [5, 5.41) is 11.1. The van der Waals surface area contributed by atoms with Crippen molar-refractivity contribution in [3.8, 4) is 0 Å². The van der Waals surface area contributed by atoms with Gasteiger partial charge in [-0.3, -0.25) is 0 Å². The number of halogens is 1. The van der Waals surface area contributed by atoms with Crippen LogP contribution >= 0.6 is 0 Å². The Hall–Kier alpha value is -2.24. The van der Waals surface area contributed by atoms with Gasteiger partial charge in [-0.1, -0.05) is 19.1 Å². The molecule has 1 saturated heterocycles. The second-order valence-electron chi connectivity index (χ2n) is 5.50. The van der Waals surface area contributed by atoms with E-state index in [2.05, 4.69) is 32.3 Å². The molecule has 2 heterocycles. The standard InChI is InChI=1S/C16H20FN5/c1-2-12-7-5-6-10-22(12)16-20-15(11-18-21-16)19-14-9-4-3-8-13(14)17/h3-4,8-9,11-12H,2,5-7,10H2,1H3,(H,19,20,21). The Labute approximate surface area is 129 Å². The highest BCUT2D eigenvalue weighted by molar-refractivity contribution is 5.56. The molecule has 1 aliphatic heterocycles. The topological polar surface area (TPSA) is 53.9 Å². The summed E-state index contributed by atoms with van der Waals surface area (Å²) in [6.07, 6.45) is 6.13. The maximum atomic E-state index is 13.7. The van der Waals surface area contributed by atoms with Crippen LogP contribution in [0.1, 0.15) is 32.6 Å². The predicted octanol–water partition coefficient (Wildman–Crippen LogP) is 3.52. The summed E-state index contributed by atoms with van der Waals surface area (Å²) in [6, 6.07) is 6.98. The number of aromatic nitrogens is 3. The van der Waals surface area contributed by atoms with Crippen LogP contribution < -0.4 is 10.2 Å². The lowest BCUT2D eigenvalue weighted by atomic mass is 10.0. The molecule has 5 nitrogen and oxygen atoms in total. The summed E-state index contributed by atoms with van der Waals surface area (Å²) in [5.41, 5.74) is 0.389. The van der Waals surface area contributed by atoms with Gasteiger partial charge in [0.1, 0.15) is 5.82 Å². The van der Waals surface area contributed by atoms with E-state index in [9.17, 15) is 4.39 Å². The smallest absolute Gasteiger partial charge is 0.247 e. The van der Waals surface area contributed by atoms with Gasteiger partial charge in [-0.05, 0) is 37.8 Å². The summed E-state index contributed by atoms with van der Waals surface area (Å²) >= 11 is 0. The number of nitrogens with one attached hydrogen (secondary N) is 1. The van der Waals surface area contributed by atoms with E-state index in [1.54, 1.807) is 18.2 Å². The summed E-state index contributed by atoms with van der Waals surface area (Å²) in [7, 11) is 0. The molecular weight excluding hydrogens is 281 g/mol. The van der Waals surface area contributed by atoms with Crippen molar-refractivity contribution in [2.45, 2.75) is 38.6 Å². The molecular formula is C16H20FN5. The second-order valence-corrected chi connectivity index (χ2v) is 5.50. The number of nitrogens with zero attached hydrogens (tertiary/aromatic N) is 4. The van der Waals surface area contributed by atoms with E-state index < -0.39 is 0 Å². The molecule has 22 heavy (non-hydrogen) atoms. The van der Waals surface area contributed by atoms with Crippen LogP contribution in [0.15, 0.2) is 30.5 Å². The Morgan fingerprint density at radius 2 is 2.18 bits per heavy atom. The van der Waals surface area contributed by atoms with E-state index in [1.807, 2.05) is 0 Å². The molecule has 1 aromatic carbocycles. The Balaban J connectivity index is 1.82. The van der Waals surface area contributed by atoms with Crippen molar-refractivity contribution in [2.24, 2.45) is 0 Å². The fourth-order valence-electron chi connectivity index (χ4n) is 2.86. The number of hydrogen-bond donors (Lipinski definition) is 1. The van der Waals surface area contributed by atoms with Crippen molar-refractivity contribution in [1.82, 2.24) is 15.2 Å². The maximum absolute atomic E-state index is 13.7. The summed E-state index contributed by atoms with van der Waals surface area (Å²) in [4.78, 5) is 6.72. The lowest BCUT2D eigenvalue weighted by Crippen LogP contribution is -2.40. The third-order valence-electron chi connectivity index (χ3n) is 4.04. The third kappa shape index (κ3) is 3.16. The van der Waals surface area contributed by atoms with E-state index in [-0.39, 0.29) is 5.82 Å². The number of hydrogen-bond acceptors (Lipinski definition) is 5. The van der Waals surface area contributed by atoms with Crippen molar-refractivity contribution in [2.75, 3.05) is 16.8 Å². The first kappa shape index (κ1) is 14.7. The van der Waals surface area contributed by atoms with Gasteiger partial charge in [0, 0.05) is 12.6 Å². The molecule has 0 aliphatic carbocycles. The quantitative estimate of drug-likeness (QED) is 0.936. The monoisotopic (exact) mass is 301 g/mol. The lowest BCUT2D eigenvalue weighted by Gasteiger charge is -2.34. The summed E-state index contributed by atoms with van der Waals surface area (Å²) < 4.78 is 13.7. The molecule has 6 heteroatoms. The highest BCUT2D eigenvalue weighted by Crippen LogP contribution is 2.25. The minimum atomic E-state index is -0.313. The third-order valence-corrected chi connectivity index (χ3v) is 4.04. The molecule has 0 saturated carbocycles. The fraction of sp³-hybridized carbons (Fsp3) is 0.438. The van der Waals surface area contributed by atoms with E-state index in [1.165, 1.54) is 18.7 Å². The SMILES string of the molecule is CCC1CCCCN1c1nncc(Nc2ccccc2F)n1. The molecule has 1 aromatic heterocycles. The summed E-state index contributed by atoms with van der Waals surface area (Å²) in [6.45, 7) is 3.13. The average molecular weight is 301 g/mol. The van der Waals surface area contributed by atoms with E-state index in [4.69, 9.17) is 0 Å². The molecule has 0 spiro atoms. The summed E-state index contributed by atoms with van der Waals surface area (Å²) in [5.74, 6) is 0.815. The molecule has 0 amide bonds. The first-order chi connectivity index (χ1) is 10.8. The van der Waals surface area contributed by atoms with Crippen LogP contribution in [0.3, 0.4) is 0 Å². The van der Waals surface area contributed by atoms with Crippen molar-refractivity contribution in [3.05, 3.63) is 36.3 Å². The van der Waals surface area contributed by atoms with Crippen molar-refractivity contribution in [3.63, 3.8) is 0 Å². The zero-order valence-electron chi connectivity index (χ0n) is 12.7. The van der Waals surface area contributed by atoms with E-state index >= 15 is 0 Å². The first-order valence-electron chi connectivity index (χ1n) is 7.76. The average Bonchev–Trinajstić information content (AvgIpc) is 2.57. The number of rotatable bonds is 4. The van der Waals surface area contributed by atoms with Gasteiger partial charge in [-0.2, -0.15) is 10.1 Å². The van der Waals surface area contributed by atoms with Crippen LogP contribution in [0.2, 0.25) is 0 Å². The second kappa shape index (κ2) is 6.68. The van der Waals surface area contributed by atoms with Crippen LogP contribution in [-0.2, 0) is 0 Å². The predicted molar refractivity (Wildman–Crippen MR) is 84.8 cm³/mol. The zero-order valence-corrected chi connectivity index (χ0v) is 12.7. The van der Waals surface area contributed by atoms with Crippen LogP contribution in [-0.4, -0.2) is 27.8 Å². The van der Waals surface area contributed by atoms with Gasteiger partial charge in [0.25, 0.3) is 0 Å². The Morgan fingerprint density at radius 1 is 1.32 bits per heavy atom. The maximum Gasteiger partial charge on any atom is 0.247 e. The number of benzene rings is 1. The van der Waals surface area contributed by atoms with Gasteiger partial charge in [0.2, 0.25) is 5.95 Å². The number of anilines is 3. The molecule has 1 fully saturated rings. The van der Waals surface area contributed by atoms with Crippen molar-refractivity contribution in [1.29, 1.82) is 0 Å². The molecule has 1 unspecified atom stereocenters. The minimum absolute atomic E-state index is 0.313. The molecule has 1 N–H and O–H groups in total. The highest BCUT2D eigenvalue weighted by Gasteiger charge is 2.23. The van der Waals surface area contributed by atoms with Gasteiger partial charge in [0.15, 0.2) is 5.82 Å². The lowest BCUT2D eigenvalue weighted by molar-refractivity contribution is 0.442. The molecule has 0 radical (unpaired) electrons. The molecule has 3 rings (SSSR count). The number of piperidine rings is 1. The van der Waals surface area contributed by atoms with Gasteiger partial charge in [0.05, 0.1) is 11.9 Å². The largest absolute Gasteiger partial charge is 0.336 e. The van der Waals surface area contributed by atoms with Crippen LogP contribution in [0.5, 0.6) is 0 Å². The van der Waals surface area contributed by atoms with Crippen molar-refractivity contribution < 1.29 is 4.39 Å². The van der Waals surface area contributed by atoms with Gasteiger partial charge in [-0.25, -0.2) is 4.39 Å². The van der Waals surface area contributed by atoms with Crippen molar-refractivity contribution >= 4 is 17.5 Å². The van der Waals surface area contributed by atoms with Crippen LogP contribution in [0.25, 0.3) is 0 Å². The number of para-hydroxylation sites is 1. The normalized spacial score (nSPS) is 18.3. The van der Waals surface area contributed by atoms with E-state index in [0.29, 0.717) is 23.5 Å². The fourth-order valence-corrected chi connectivity index (χ4v) is 2.86. The van der Waals surface area contributed by atoms with Gasteiger partial charge >= 0.3 is 0 Å². The van der Waals surface area contributed by atoms with Crippen LogP contribution in [0, 0.1) is 5.82 Å². The molecule has 0 bridgehead atoms. The molecule has 116 valence electrons. The Kier molecular flexibility index (Phi) is 4.46. The van der Waals surface area contributed by atoms with Crippen LogP contribution in [0.4, 0.5) is 21.8 Å². The molecule has 1 atom stereocenters. The van der Waals surface area contributed by atoms with Gasteiger partial charge in [-0.15, -0.1) is 5.10 Å². The molecule has 2 aromatic rings. The Bertz CT molecular complexity index is 633. The highest BCUT2D eigenvalue weighted by atomic mass is 19.1. The van der Waals surface area contributed by atoms with E-state index in [0.717, 1.165) is 25.8 Å². The Morgan fingerprint density at radius 3 is 3.00 bits per heavy atom. The first-order valence-corrected chi connectivity index (χ1v) is 7.76. The zero-order chi connectivity index (χ0) is 15.4. The van der Waals surface area contributed by atoms with Gasteiger partial charge < -0.3 is 10.2 Å². The minimum Gasteiger partial charge on any atom is -0.336 e. The molecule has 1 aliphatic rings.